The number of nitrogens with zero attached hydrogens (tertiary/aromatic N) is 3. The highest BCUT2D eigenvalue weighted by atomic mass is 35.5. The van der Waals surface area contributed by atoms with Crippen LogP contribution in [0.3, 0.4) is 0 Å². The van der Waals surface area contributed by atoms with Crippen LogP contribution in [0.4, 0.5) is 14.5 Å². The van der Waals surface area contributed by atoms with Crippen LogP contribution in [-0.4, -0.2) is 20.9 Å². The summed E-state index contributed by atoms with van der Waals surface area (Å²) in [7, 11) is 0. The van der Waals surface area contributed by atoms with Crippen LogP contribution in [-0.2, 0) is 0 Å². The summed E-state index contributed by atoms with van der Waals surface area (Å²) < 4.78 is 27.8. The molecule has 3 aromatic rings. The maximum absolute atomic E-state index is 14.2. The predicted molar refractivity (Wildman–Crippen MR) is 98.7 cm³/mol. The van der Waals surface area contributed by atoms with Gasteiger partial charge in [-0.25, -0.2) is 23.7 Å². The zero-order valence-corrected chi connectivity index (χ0v) is 15.3. The number of rotatable bonds is 4. The molecule has 0 saturated carbocycles. The van der Waals surface area contributed by atoms with Gasteiger partial charge in [0.15, 0.2) is 16.8 Å². The van der Waals surface area contributed by atoms with Crippen LogP contribution in [0.1, 0.15) is 35.9 Å². The molecule has 0 atom stereocenters. The number of carbonyl (C=O) groups is 1. The molecule has 0 spiro atoms. The molecule has 3 rings (SSSR count). The van der Waals surface area contributed by atoms with E-state index < -0.39 is 17.5 Å². The molecule has 5 nitrogen and oxygen atoms in total. The highest BCUT2D eigenvalue weighted by Crippen LogP contribution is 2.34. The van der Waals surface area contributed by atoms with Crippen molar-refractivity contribution in [3.05, 3.63) is 71.0 Å². The van der Waals surface area contributed by atoms with Gasteiger partial charge in [0.25, 0.3) is 5.91 Å². The number of benzene rings is 1. The van der Waals surface area contributed by atoms with Crippen molar-refractivity contribution in [2.45, 2.75) is 19.8 Å². The average Bonchev–Trinajstić information content (AvgIpc) is 2.66. The maximum atomic E-state index is 14.2. The van der Waals surface area contributed by atoms with Crippen molar-refractivity contribution in [2.24, 2.45) is 0 Å². The highest BCUT2D eigenvalue weighted by molar-refractivity contribution is 6.33. The van der Waals surface area contributed by atoms with Gasteiger partial charge < -0.3 is 5.32 Å². The number of hydrogen-bond acceptors (Lipinski definition) is 4. The predicted octanol–water partition coefficient (Wildman–Crippen LogP) is 4.85. The first-order chi connectivity index (χ1) is 12.9. The van der Waals surface area contributed by atoms with Crippen LogP contribution in [0.15, 0.2) is 42.9 Å². The van der Waals surface area contributed by atoms with Crippen LogP contribution in [0.5, 0.6) is 0 Å². The molecule has 0 radical (unpaired) electrons. The second-order valence-electron chi connectivity index (χ2n) is 6.06. The summed E-state index contributed by atoms with van der Waals surface area (Å²) in [6, 6.07) is 5.21. The van der Waals surface area contributed by atoms with Crippen molar-refractivity contribution in [3.63, 3.8) is 0 Å². The van der Waals surface area contributed by atoms with Crippen molar-refractivity contribution in [3.8, 4) is 11.1 Å². The Kier molecular flexibility index (Phi) is 5.41. The van der Waals surface area contributed by atoms with Gasteiger partial charge in [-0.05, 0) is 12.1 Å². The van der Waals surface area contributed by atoms with E-state index in [1.807, 2.05) is 13.8 Å². The number of pyridine rings is 1. The molecule has 2 aromatic heterocycles. The Labute approximate surface area is 159 Å². The van der Waals surface area contributed by atoms with E-state index in [2.05, 4.69) is 20.3 Å². The van der Waals surface area contributed by atoms with Gasteiger partial charge in [-0.3, -0.25) is 4.79 Å². The monoisotopic (exact) mass is 388 g/mol. The zero-order chi connectivity index (χ0) is 19.6. The van der Waals surface area contributed by atoms with Crippen molar-refractivity contribution in [1.82, 2.24) is 15.0 Å². The molecule has 8 heteroatoms. The SMILES string of the molecule is CC(C)c1ncc(C(=O)Nc2c(-c3cccc(F)c3F)ccnc2Cl)cn1. The topological polar surface area (TPSA) is 67.8 Å². The van der Waals surface area contributed by atoms with Gasteiger partial charge >= 0.3 is 0 Å². The van der Waals surface area contributed by atoms with Crippen molar-refractivity contribution >= 4 is 23.2 Å². The van der Waals surface area contributed by atoms with Crippen molar-refractivity contribution in [2.75, 3.05) is 5.32 Å². The third-order valence-corrected chi connectivity index (χ3v) is 4.12. The Hall–Kier alpha value is -2.93. The minimum absolute atomic E-state index is 0.0407. The molecule has 138 valence electrons. The van der Waals surface area contributed by atoms with E-state index in [4.69, 9.17) is 11.6 Å². The largest absolute Gasteiger partial charge is 0.319 e. The fourth-order valence-electron chi connectivity index (χ4n) is 2.43. The first kappa shape index (κ1) is 18.8. The number of hydrogen-bond donors (Lipinski definition) is 1. The minimum atomic E-state index is -1.04. The van der Waals surface area contributed by atoms with Gasteiger partial charge in [0.1, 0.15) is 5.82 Å². The molecule has 0 bridgehead atoms. The molecule has 1 N–H and O–H groups in total. The first-order valence-corrected chi connectivity index (χ1v) is 8.48. The average molecular weight is 389 g/mol. The van der Waals surface area contributed by atoms with Crippen molar-refractivity contribution in [1.29, 1.82) is 0 Å². The summed E-state index contributed by atoms with van der Waals surface area (Å²) in [5.41, 5.74) is 0.438. The third-order valence-electron chi connectivity index (χ3n) is 3.84. The van der Waals surface area contributed by atoms with Crippen LogP contribution in [0, 0.1) is 11.6 Å². The molecular formula is C19H15ClF2N4O. The Morgan fingerprint density at radius 2 is 1.78 bits per heavy atom. The van der Waals surface area contributed by atoms with Crippen molar-refractivity contribution < 1.29 is 13.6 Å². The number of anilines is 1. The smallest absolute Gasteiger partial charge is 0.258 e. The van der Waals surface area contributed by atoms with Gasteiger partial charge in [0.05, 0.1) is 11.3 Å². The second kappa shape index (κ2) is 7.75. The van der Waals surface area contributed by atoms with E-state index in [1.165, 1.54) is 36.8 Å². The molecule has 0 aliphatic heterocycles. The van der Waals surface area contributed by atoms with Gasteiger partial charge in [-0.15, -0.1) is 0 Å². The van der Waals surface area contributed by atoms with E-state index in [9.17, 15) is 13.6 Å². The summed E-state index contributed by atoms with van der Waals surface area (Å²) in [5, 5.41) is 2.53. The van der Waals surface area contributed by atoms with E-state index >= 15 is 0 Å². The summed E-state index contributed by atoms with van der Waals surface area (Å²) in [5.74, 6) is -1.86. The van der Waals surface area contributed by atoms with Crippen LogP contribution in [0.25, 0.3) is 11.1 Å². The summed E-state index contributed by atoms with van der Waals surface area (Å²) in [4.78, 5) is 24.7. The lowest BCUT2D eigenvalue weighted by molar-refractivity contribution is 0.102. The fourth-order valence-corrected chi connectivity index (χ4v) is 2.64. The molecule has 0 aliphatic rings. The Morgan fingerprint density at radius 1 is 1.07 bits per heavy atom. The van der Waals surface area contributed by atoms with Gasteiger partial charge in [0, 0.05) is 35.6 Å². The lowest BCUT2D eigenvalue weighted by Gasteiger charge is -2.13. The van der Waals surface area contributed by atoms with Crippen LogP contribution < -0.4 is 5.32 Å². The lowest BCUT2D eigenvalue weighted by atomic mass is 10.0. The first-order valence-electron chi connectivity index (χ1n) is 8.10. The van der Waals surface area contributed by atoms with Crippen LogP contribution in [0.2, 0.25) is 5.15 Å². The van der Waals surface area contributed by atoms with Gasteiger partial charge in [-0.2, -0.15) is 0 Å². The highest BCUT2D eigenvalue weighted by Gasteiger charge is 2.19. The van der Waals surface area contributed by atoms with E-state index in [1.54, 1.807) is 0 Å². The molecule has 27 heavy (non-hydrogen) atoms. The maximum Gasteiger partial charge on any atom is 0.258 e. The fraction of sp³-hybridized carbons (Fsp3) is 0.158. The Morgan fingerprint density at radius 3 is 2.44 bits per heavy atom. The molecule has 0 unspecified atom stereocenters. The summed E-state index contributed by atoms with van der Waals surface area (Å²) in [6.07, 6.45) is 4.13. The molecule has 0 aliphatic carbocycles. The molecular weight excluding hydrogens is 374 g/mol. The Balaban J connectivity index is 1.97. The standard InChI is InChI=1S/C19H15ClF2N4O/c1-10(2)18-24-8-11(9-25-18)19(27)26-16-13(6-7-23-17(16)20)12-4-3-5-14(21)15(12)22/h3-10H,1-2H3,(H,26,27). The lowest BCUT2D eigenvalue weighted by Crippen LogP contribution is -2.15. The Bertz CT molecular complexity index is 993. The quantitative estimate of drug-likeness (QED) is 0.649. The van der Waals surface area contributed by atoms with Crippen LogP contribution >= 0.6 is 11.6 Å². The molecule has 0 fully saturated rings. The molecule has 1 aromatic carbocycles. The summed E-state index contributed by atoms with van der Waals surface area (Å²) in [6.45, 7) is 3.87. The van der Waals surface area contributed by atoms with E-state index in [-0.39, 0.29) is 33.4 Å². The van der Waals surface area contributed by atoms with E-state index in [0.717, 1.165) is 6.07 Å². The second-order valence-corrected chi connectivity index (χ2v) is 6.42. The number of halogens is 3. The normalized spacial score (nSPS) is 10.9. The third kappa shape index (κ3) is 3.93. The molecule has 1 amide bonds. The number of nitrogens with one attached hydrogen (secondary N) is 1. The van der Waals surface area contributed by atoms with Gasteiger partial charge in [-0.1, -0.05) is 37.6 Å². The minimum Gasteiger partial charge on any atom is -0.319 e. The number of carbonyl (C=O) groups excluding carboxylic acids is 1. The zero-order valence-electron chi connectivity index (χ0n) is 14.5. The number of aromatic nitrogens is 3. The van der Waals surface area contributed by atoms with Gasteiger partial charge in [0.2, 0.25) is 0 Å². The number of amides is 1. The molecule has 0 saturated heterocycles. The summed E-state index contributed by atoms with van der Waals surface area (Å²) >= 11 is 6.10. The van der Waals surface area contributed by atoms with E-state index in [0.29, 0.717) is 5.82 Å². The molecule has 2 heterocycles.